The Hall–Kier alpha value is -2.45. The van der Waals surface area contributed by atoms with Crippen LogP contribution < -0.4 is 19.5 Å². The third-order valence-corrected chi connectivity index (χ3v) is 4.14. The van der Waals surface area contributed by atoms with Crippen molar-refractivity contribution in [1.82, 2.24) is 0 Å². The predicted octanol–water partition coefficient (Wildman–Crippen LogP) is 3.68. The van der Waals surface area contributed by atoms with Crippen molar-refractivity contribution in [2.24, 2.45) is 0 Å². The normalized spacial score (nSPS) is 10.1. The third kappa shape index (κ3) is 6.33. The summed E-state index contributed by atoms with van der Waals surface area (Å²) in [6, 6.07) is 9.79. The van der Waals surface area contributed by atoms with Crippen LogP contribution in [0.2, 0.25) is 5.02 Å². The minimum absolute atomic E-state index is 0.348. The second kappa shape index (κ2) is 10.0. The van der Waals surface area contributed by atoms with Crippen LogP contribution in [0.25, 0.3) is 0 Å². The van der Waals surface area contributed by atoms with Gasteiger partial charge in [-0.2, -0.15) is 0 Å². The lowest BCUT2D eigenvalue weighted by Gasteiger charge is -2.12. The van der Waals surface area contributed by atoms with Crippen molar-refractivity contribution in [1.29, 1.82) is 0 Å². The van der Waals surface area contributed by atoms with E-state index in [1.165, 1.54) is 14.2 Å². The summed E-state index contributed by atoms with van der Waals surface area (Å²) >= 11 is 9.11. The third-order valence-electron chi connectivity index (χ3n) is 3.29. The predicted molar refractivity (Wildman–Crippen MR) is 104 cm³/mol. The highest BCUT2D eigenvalue weighted by atomic mass is 79.9. The molecule has 2 aromatic rings. The second-order valence-corrected chi connectivity index (χ2v) is 6.43. The standard InChI is InChI=1S/C18H17BrClNO6/c1-24-12-4-5-14(16(8-12)25-2)21-17(22)9-27-18(23)10-26-15-6-3-11(20)7-13(15)19/h3-8H,9-10H2,1-2H3,(H,21,22). The molecule has 0 radical (unpaired) electrons. The Morgan fingerprint density at radius 3 is 2.48 bits per heavy atom. The summed E-state index contributed by atoms with van der Waals surface area (Å²) in [5.74, 6) is 0.240. The number of amides is 1. The fraction of sp³-hybridized carbons (Fsp3) is 0.222. The minimum atomic E-state index is -0.686. The van der Waals surface area contributed by atoms with Gasteiger partial charge in [-0.3, -0.25) is 4.79 Å². The second-order valence-electron chi connectivity index (χ2n) is 5.14. The van der Waals surface area contributed by atoms with Crippen LogP contribution in [0.15, 0.2) is 40.9 Å². The Bertz CT molecular complexity index is 829. The van der Waals surface area contributed by atoms with Gasteiger partial charge in [0.1, 0.15) is 17.2 Å². The van der Waals surface area contributed by atoms with Gasteiger partial charge in [0.2, 0.25) is 0 Å². The Balaban J connectivity index is 1.82. The van der Waals surface area contributed by atoms with Crippen molar-refractivity contribution in [3.8, 4) is 17.2 Å². The lowest BCUT2D eigenvalue weighted by atomic mass is 10.2. The van der Waals surface area contributed by atoms with E-state index in [4.69, 9.17) is 30.5 Å². The molecule has 2 rings (SSSR count). The zero-order valence-electron chi connectivity index (χ0n) is 14.6. The van der Waals surface area contributed by atoms with Gasteiger partial charge >= 0.3 is 5.97 Å². The number of hydrogen-bond donors (Lipinski definition) is 1. The van der Waals surface area contributed by atoms with Crippen LogP contribution in [0.5, 0.6) is 17.2 Å². The van der Waals surface area contributed by atoms with Crippen molar-refractivity contribution in [3.63, 3.8) is 0 Å². The Morgan fingerprint density at radius 1 is 1.04 bits per heavy atom. The highest BCUT2D eigenvalue weighted by Crippen LogP contribution is 2.29. The first-order valence-corrected chi connectivity index (χ1v) is 8.85. The molecule has 0 aromatic heterocycles. The van der Waals surface area contributed by atoms with Crippen LogP contribution in [0.3, 0.4) is 0 Å². The number of carbonyl (C=O) groups is 2. The molecule has 0 spiro atoms. The van der Waals surface area contributed by atoms with E-state index in [1.807, 2.05) is 0 Å². The first kappa shape index (κ1) is 20.9. The van der Waals surface area contributed by atoms with E-state index < -0.39 is 18.5 Å². The van der Waals surface area contributed by atoms with Gasteiger partial charge in [-0.1, -0.05) is 11.6 Å². The van der Waals surface area contributed by atoms with E-state index in [2.05, 4.69) is 21.2 Å². The van der Waals surface area contributed by atoms with Crippen LogP contribution in [-0.4, -0.2) is 39.3 Å². The lowest BCUT2D eigenvalue weighted by Crippen LogP contribution is -2.23. The number of esters is 1. The zero-order chi connectivity index (χ0) is 19.8. The molecule has 1 amide bonds. The molecular formula is C18H17BrClNO6. The Kier molecular flexibility index (Phi) is 7.75. The highest BCUT2D eigenvalue weighted by molar-refractivity contribution is 9.10. The largest absolute Gasteiger partial charge is 0.497 e. The molecule has 0 aliphatic rings. The molecule has 0 unspecified atom stereocenters. The van der Waals surface area contributed by atoms with Crippen molar-refractivity contribution in [2.45, 2.75) is 0 Å². The number of rotatable bonds is 8. The molecule has 0 bridgehead atoms. The van der Waals surface area contributed by atoms with Crippen LogP contribution in [0.1, 0.15) is 0 Å². The maximum absolute atomic E-state index is 12.0. The number of ether oxygens (including phenoxy) is 4. The number of methoxy groups -OCH3 is 2. The molecular weight excluding hydrogens is 442 g/mol. The van der Waals surface area contributed by atoms with E-state index in [0.29, 0.717) is 32.4 Å². The van der Waals surface area contributed by atoms with Gasteiger partial charge in [-0.15, -0.1) is 0 Å². The van der Waals surface area contributed by atoms with E-state index in [-0.39, 0.29) is 6.61 Å². The summed E-state index contributed by atoms with van der Waals surface area (Å²) in [5.41, 5.74) is 0.431. The molecule has 0 aliphatic heterocycles. The number of carbonyl (C=O) groups excluding carboxylic acids is 2. The van der Waals surface area contributed by atoms with E-state index in [1.54, 1.807) is 36.4 Å². The number of hydrogen-bond acceptors (Lipinski definition) is 6. The molecule has 2 aromatic carbocycles. The topological polar surface area (TPSA) is 83.1 Å². The molecule has 0 saturated heterocycles. The van der Waals surface area contributed by atoms with E-state index >= 15 is 0 Å². The first-order valence-electron chi connectivity index (χ1n) is 7.68. The smallest absolute Gasteiger partial charge is 0.344 e. The molecule has 0 atom stereocenters. The monoisotopic (exact) mass is 457 g/mol. The number of anilines is 1. The van der Waals surface area contributed by atoms with Crippen molar-refractivity contribution in [2.75, 3.05) is 32.8 Å². The fourth-order valence-electron chi connectivity index (χ4n) is 2.00. The summed E-state index contributed by atoms with van der Waals surface area (Å²) in [5, 5.41) is 3.13. The van der Waals surface area contributed by atoms with Gasteiger partial charge in [0.15, 0.2) is 13.2 Å². The van der Waals surface area contributed by atoms with Crippen LogP contribution in [-0.2, 0) is 14.3 Å². The minimum Gasteiger partial charge on any atom is -0.497 e. The molecule has 1 N–H and O–H groups in total. The zero-order valence-corrected chi connectivity index (χ0v) is 16.9. The van der Waals surface area contributed by atoms with E-state index in [9.17, 15) is 9.59 Å². The van der Waals surface area contributed by atoms with Crippen LogP contribution in [0.4, 0.5) is 5.69 Å². The lowest BCUT2D eigenvalue weighted by molar-refractivity contribution is -0.149. The summed E-state index contributed by atoms with van der Waals surface area (Å²) in [7, 11) is 2.99. The summed E-state index contributed by atoms with van der Waals surface area (Å²) in [6.07, 6.45) is 0. The maximum Gasteiger partial charge on any atom is 0.344 e. The molecule has 9 heteroatoms. The van der Waals surface area contributed by atoms with E-state index in [0.717, 1.165) is 0 Å². The van der Waals surface area contributed by atoms with Crippen LogP contribution >= 0.6 is 27.5 Å². The number of halogens is 2. The average molecular weight is 459 g/mol. The highest BCUT2D eigenvalue weighted by Gasteiger charge is 2.12. The fourth-order valence-corrected chi connectivity index (χ4v) is 2.80. The van der Waals surface area contributed by atoms with Crippen molar-refractivity contribution < 1.29 is 28.5 Å². The molecule has 0 aliphatic carbocycles. The molecule has 0 fully saturated rings. The van der Waals surface area contributed by atoms with Crippen molar-refractivity contribution in [3.05, 3.63) is 45.9 Å². The molecule has 27 heavy (non-hydrogen) atoms. The quantitative estimate of drug-likeness (QED) is 0.608. The van der Waals surface area contributed by atoms with Crippen molar-refractivity contribution >= 4 is 45.1 Å². The van der Waals surface area contributed by atoms with Gasteiger partial charge in [-0.25, -0.2) is 4.79 Å². The average Bonchev–Trinajstić information content (AvgIpc) is 2.66. The summed E-state index contributed by atoms with van der Waals surface area (Å²) < 4.78 is 21.1. The number of nitrogens with one attached hydrogen (secondary N) is 1. The van der Waals surface area contributed by atoms with Gasteiger partial charge in [-0.05, 0) is 46.3 Å². The summed E-state index contributed by atoms with van der Waals surface area (Å²) in [6.45, 7) is -0.807. The van der Waals surface area contributed by atoms with Gasteiger partial charge in [0, 0.05) is 11.1 Å². The molecule has 0 heterocycles. The SMILES string of the molecule is COc1ccc(NC(=O)COC(=O)COc2ccc(Cl)cc2Br)c(OC)c1. The molecule has 144 valence electrons. The summed E-state index contributed by atoms with van der Waals surface area (Å²) in [4.78, 5) is 23.7. The van der Waals surface area contributed by atoms with Crippen LogP contribution in [0, 0.1) is 0 Å². The Morgan fingerprint density at radius 2 is 1.81 bits per heavy atom. The van der Waals surface area contributed by atoms with Gasteiger partial charge < -0.3 is 24.3 Å². The molecule has 7 nitrogen and oxygen atoms in total. The molecule has 0 saturated carbocycles. The maximum atomic E-state index is 12.0. The van der Waals surface area contributed by atoms with Gasteiger partial charge in [0.05, 0.1) is 24.4 Å². The first-order chi connectivity index (χ1) is 12.9. The van der Waals surface area contributed by atoms with Gasteiger partial charge in [0.25, 0.3) is 5.91 Å². The number of benzene rings is 2. The Labute approximate surface area is 169 Å².